The van der Waals surface area contributed by atoms with E-state index in [2.05, 4.69) is 18.2 Å². The van der Waals surface area contributed by atoms with Gasteiger partial charge in [0.05, 0.1) is 0 Å². The van der Waals surface area contributed by atoms with E-state index >= 15 is 0 Å². The molecule has 0 N–H and O–H groups in total. The first-order valence-electron chi connectivity index (χ1n) is 4.11. The van der Waals surface area contributed by atoms with Crippen molar-refractivity contribution in [3.63, 3.8) is 0 Å². The number of rotatable bonds is 2. The lowest BCUT2D eigenvalue weighted by molar-refractivity contribution is -0.112. The Kier molecular flexibility index (Phi) is 3.09. The van der Waals surface area contributed by atoms with Crippen LogP contribution < -0.4 is 0 Å². The molecule has 0 aromatic heterocycles. The van der Waals surface area contributed by atoms with E-state index < -0.39 is 0 Å². The van der Waals surface area contributed by atoms with Crippen molar-refractivity contribution in [1.29, 1.82) is 0 Å². The first kappa shape index (κ1) is 8.25. The van der Waals surface area contributed by atoms with E-state index in [0.29, 0.717) is 5.92 Å². The minimum atomic E-state index is 0.219. The average Bonchev–Trinajstić information content (AvgIpc) is 2.06. The second-order valence-electron chi connectivity index (χ2n) is 2.93. The van der Waals surface area contributed by atoms with Crippen LogP contribution in [0.15, 0.2) is 24.3 Å². The molecule has 1 aliphatic carbocycles. The zero-order chi connectivity index (χ0) is 8.10. The summed E-state index contributed by atoms with van der Waals surface area (Å²) in [4.78, 5) is 10.6. The van der Waals surface area contributed by atoms with Gasteiger partial charge in [0.2, 0.25) is 0 Å². The summed E-state index contributed by atoms with van der Waals surface area (Å²) in [5.74, 6) is 0.665. The average molecular weight is 150 g/mol. The molecule has 0 spiro atoms. The highest BCUT2D eigenvalue weighted by atomic mass is 16.1. The van der Waals surface area contributed by atoms with Crippen LogP contribution in [0.5, 0.6) is 0 Å². The molecule has 0 bridgehead atoms. The minimum absolute atomic E-state index is 0.219. The Hall–Kier alpha value is -0.850. The van der Waals surface area contributed by atoms with Gasteiger partial charge in [-0.15, -0.1) is 0 Å². The molecule has 0 fully saturated rings. The maximum absolute atomic E-state index is 10.6. The van der Waals surface area contributed by atoms with Gasteiger partial charge in [0.25, 0.3) is 0 Å². The summed E-state index contributed by atoms with van der Waals surface area (Å²) in [5, 5.41) is 0. The van der Waals surface area contributed by atoms with Crippen LogP contribution in [-0.2, 0) is 4.79 Å². The highest BCUT2D eigenvalue weighted by Gasteiger charge is 2.18. The predicted octanol–water partition coefficient (Wildman–Crippen LogP) is 2.34. The summed E-state index contributed by atoms with van der Waals surface area (Å²) < 4.78 is 0. The molecule has 0 aromatic rings. The lowest BCUT2D eigenvalue weighted by atomic mass is 9.84. The number of allylic oxidation sites excluding steroid dienone is 4. The van der Waals surface area contributed by atoms with Gasteiger partial charge >= 0.3 is 0 Å². The Bertz CT molecular complexity index is 179. The molecule has 0 radical (unpaired) electrons. The number of aldehydes is 1. The van der Waals surface area contributed by atoms with Crippen LogP contribution in [0.25, 0.3) is 0 Å². The SMILES string of the molecule is CC=CC1CC=CCC1C=O. The lowest BCUT2D eigenvalue weighted by Gasteiger charge is -2.20. The van der Waals surface area contributed by atoms with Crippen LogP contribution in [0.1, 0.15) is 19.8 Å². The summed E-state index contributed by atoms with van der Waals surface area (Å²) in [7, 11) is 0. The summed E-state index contributed by atoms with van der Waals surface area (Å²) in [6.45, 7) is 2.00. The zero-order valence-corrected chi connectivity index (χ0v) is 6.86. The third-order valence-corrected chi connectivity index (χ3v) is 2.15. The first-order valence-corrected chi connectivity index (χ1v) is 4.11. The highest BCUT2D eigenvalue weighted by molar-refractivity contribution is 5.55. The Morgan fingerprint density at radius 1 is 1.27 bits per heavy atom. The fourth-order valence-electron chi connectivity index (χ4n) is 1.48. The fraction of sp³-hybridized carbons (Fsp3) is 0.500. The van der Waals surface area contributed by atoms with E-state index in [1.54, 1.807) is 0 Å². The van der Waals surface area contributed by atoms with Gasteiger partial charge in [-0.1, -0.05) is 24.3 Å². The van der Waals surface area contributed by atoms with Crippen molar-refractivity contribution in [2.24, 2.45) is 11.8 Å². The van der Waals surface area contributed by atoms with E-state index in [1.165, 1.54) is 0 Å². The van der Waals surface area contributed by atoms with Crippen molar-refractivity contribution < 1.29 is 4.79 Å². The standard InChI is InChI=1S/C10H14O/c1-2-5-9-6-3-4-7-10(9)8-11/h2-5,8-10H,6-7H2,1H3. The number of hydrogen-bond donors (Lipinski definition) is 0. The van der Waals surface area contributed by atoms with Crippen molar-refractivity contribution in [3.05, 3.63) is 24.3 Å². The van der Waals surface area contributed by atoms with Gasteiger partial charge in [-0.3, -0.25) is 0 Å². The van der Waals surface area contributed by atoms with Crippen LogP contribution in [0, 0.1) is 11.8 Å². The first-order chi connectivity index (χ1) is 5.38. The van der Waals surface area contributed by atoms with Crippen molar-refractivity contribution in [2.45, 2.75) is 19.8 Å². The normalized spacial score (nSPS) is 31.0. The van der Waals surface area contributed by atoms with Crippen molar-refractivity contribution in [2.75, 3.05) is 0 Å². The van der Waals surface area contributed by atoms with Gasteiger partial charge < -0.3 is 4.79 Å². The molecular formula is C10H14O. The smallest absolute Gasteiger partial charge is 0.123 e. The van der Waals surface area contributed by atoms with Crippen LogP contribution >= 0.6 is 0 Å². The van der Waals surface area contributed by atoms with Gasteiger partial charge in [-0.05, 0) is 25.7 Å². The number of carbonyl (C=O) groups is 1. The van der Waals surface area contributed by atoms with Crippen molar-refractivity contribution in [3.8, 4) is 0 Å². The van der Waals surface area contributed by atoms with E-state index in [-0.39, 0.29) is 5.92 Å². The molecule has 11 heavy (non-hydrogen) atoms. The summed E-state index contributed by atoms with van der Waals surface area (Å²) in [5.41, 5.74) is 0. The fourth-order valence-corrected chi connectivity index (χ4v) is 1.48. The maximum Gasteiger partial charge on any atom is 0.123 e. The summed E-state index contributed by atoms with van der Waals surface area (Å²) in [6, 6.07) is 0. The second kappa shape index (κ2) is 4.12. The van der Waals surface area contributed by atoms with Crippen LogP contribution in [-0.4, -0.2) is 6.29 Å². The molecule has 60 valence electrons. The molecule has 1 nitrogen and oxygen atoms in total. The molecule has 2 unspecified atom stereocenters. The highest BCUT2D eigenvalue weighted by Crippen LogP contribution is 2.24. The third kappa shape index (κ3) is 2.04. The Labute approximate surface area is 67.8 Å². The number of hydrogen-bond acceptors (Lipinski definition) is 1. The summed E-state index contributed by atoms with van der Waals surface area (Å²) >= 11 is 0. The molecule has 0 heterocycles. The number of carbonyl (C=O) groups excluding carboxylic acids is 1. The quantitative estimate of drug-likeness (QED) is 0.436. The van der Waals surface area contributed by atoms with Gasteiger partial charge in [-0.25, -0.2) is 0 Å². The Morgan fingerprint density at radius 2 is 1.91 bits per heavy atom. The van der Waals surface area contributed by atoms with E-state index in [0.717, 1.165) is 19.1 Å². The molecule has 1 heteroatoms. The van der Waals surface area contributed by atoms with E-state index in [1.807, 2.05) is 13.0 Å². The van der Waals surface area contributed by atoms with Crippen molar-refractivity contribution >= 4 is 6.29 Å². The van der Waals surface area contributed by atoms with Gasteiger partial charge in [-0.2, -0.15) is 0 Å². The molecule has 0 aliphatic heterocycles. The van der Waals surface area contributed by atoms with Crippen molar-refractivity contribution in [1.82, 2.24) is 0 Å². The lowest BCUT2D eigenvalue weighted by Crippen LogP contribution is -2.15. The molecule has 0 aromatic carbocycles. The van der Waals surface area contributed by atoms with Crippen LogP contribution in [0.3, 0.4) is 0 Å². The molecule has 2 atom stereocenters. The third-order valence-electron chi connectivity index (χ3n) is 2.15. The van der Waals surface area contributed by atoms with Gasteiger partial charge in [0, 0.05) is 5.92 Å². The summed E-state index contributed by atoms with van der Waals surface area (Å²) in [6.07, 6.45) is 11.4. The molecule has 0 saturated carbocycles. The van der Waals surface area contributed by atoms with Gasteiger partial charge in [0.1, 0.15) is 6.29 Å². The monoisotopic (exact) mass is 150 g/mol. The molecule has 0 saturated heterocycles. The Morgan fingerprint density at radius 3 is 2.45 bits per heavy atom. The van der Waals surface area contributed by atoms with E-state index in [9.17, 15) is 4.79 Å². The van der Waals surface area contributed by atoms with Crippen LogP contribution in [0.2, 0.25) is 0 Å². The minimum Gasteiger partial charge on any atom is -0.303 e. The van der Waals surface area contributed by atoms with Gasteiger partial charge in [0.15, 0.2) is 0 Å². The molecule has 1 rings (SSSR count). The largest absolute Gasteiger partial charge is 0.303 e. The maximum atomic E-state index is 10.6. The van der Waals surface area contributed by atoms with E-state index in [4.69, 9.17) is 0 Å². The van der Waals surface area contributed by atoms with Crippen LogP contribution in [0.4, 0.5) is 0 Å². The second-order valence-corrected chi connectivity index (χ2v) is 2.93. The predicted molar refractivity (Wildman–Crippen MR) is 46.2 cm³/mol. The molecule has 1 aliphatic rings. The zero-order valence-electron chi connectivity index (χ0n) is 6.86. The molecular weight excluding hydrogens is 136 g/mol. The topological polar surface area (TPSA) is 17.1 Å². The molecule has 0 amide bonds. The Balaban J connectivity index is 2.60.